The second-order valence-electron chi connectivity index (χ2n) is 6.88. The number of aromatic nitrogens is 4. The van der Waals surface area contributed by atoms with Crippen LogP contribution in [0.25, 0.3) is 11.2 Å². The Morgan fingerprint density at radius 2 is 2.10 bits per heavy atom. The maximum atomic E-state index is 13.9. The van der Waals surface area contributed by atoms with Crippen molar-refractivity contribution in [2.24, 2.45) is 0 Å². The van der Waals surface area contributed by atoms with E-state index in [1.54, 1.807) is 6.07 Å². The summed E-state index contributed by atoms with van der Waals surface area (Å²) in [5.74, 6) is -0.411. The quantitative estimate of drug-likeness (QED) is 0.548. The van der Waals surface area contributed by atoms with Gasteiger partial charge in [-0.15, -0.1) is 0 Å². The standard InChI is InChI=1S/C18H15BrClFN4O5/c19-7-1-9(21)11(22-3-7)4-29-17-8(20)2-10-16(24-17)25-18(23-10)30-13-6-28-14-12(26)5-27-15(13)14/h1-3,12-15,26H,4-6H2,(H,23,24,25)/t12-,13-,14-,15-/m1/s1. The molecule has 0 spiro atoms. The first kappa shape index (κ1) is 19.9. The predicted octanol–water partition coefficient (Wildman–Crippen LogP) is 2.39. The van der Waals surface area contributed by atoms with Gasteiger partial charge >= 0.3 is 0 Å². The van der Waals surface area contributed by atoms with E-state index in [0.717, 1.165) is 0 Å². The fraction of sp³-hybridized carbons (Fsp3) is 0.389. The van der Waals surface area contributed by atoms with Crippen LogP contribution in [0.15, 0.2) is 22.8 Å². The monoisotopic (exact) mass is 500 g/mol. The van der Waals surface area contributed by atoms with Crippen molar-refractivity contribution in [1.82, 2.24) is 19.9 Å². The molecule has 3 aromatic heterocycles. The van der Waals surface area contributed by atoms with Crippen molar-refractivity contribution in [3.63, 3.8) is 0 Å². The third-order valence-corrected chi connectivity index (χ3v) is 5.55. The van der Waals surface area contributed by atoms with Gasteiger partial charge in [0.2, 0.25) is 5.88 Å². The summed E-state index contributed by atoms with van der Waals surface area (Å²) >= 11 is 9.39. The lowest BCUT2D eigenvalue weighted by Crippen LogP contribution is -2.34. The van der Waals surface area contributed by atoms with Crippen LogP contribution in [0.4, 0.5) is 4.39 Å². The summed E-state index contributed by atoms with van der Waals surface area (Å²) in [6.07, 6.45) is -0.367. The molecule has 0 aliphatic carbocycles. The molecule has 4 atom stereocenters. The van der Waals surface area contributed by atoms with Crippen LogP contribution in [0.1, 0.15) is 5.69 Å². The van der Waals surface area contributed by atoms with Crippen molar-refractivity contribution >= 4 is 38.7 Å². The van der Waals surface area contributed by atoms with Gasteiger partial charge in [0.1, 0.15) is 41.5 Å². The number of hydrogen-bond acceptors (Lipinski definition) is 8. The van der Waals surface area contributed by atoms with Gasteiger partial charge in [-0.2, -0.15) is 9.97 Å². The summed E-state index contributed by atoms with van der Waals surface area (Å²) in [5, 5.41) is 10.0. The highest BCUT2D eigenvalue weighted by Crippen LogP contribution is 2.31. The summed E-state index contributed by atoms with van der Waals surface area (Å²) in [4.78, 5) is 15.5. The zero-order valence-electron chi connectivity index (χ0n) is 15.2. The molecule has 158 valence electrons. The molecule has 9 nitrogen and oxygen atoms in total. The Labute approximate surface area is 182 Å². The molecule has 2 fully saturated rings. The number of halogens is 3. The second kappa shape index (κ2) is 7.89. The maximum absolute atomic E-state index is 13.9. The molecule has 2 aliphatic heterocycles. The molecule has 0 bridgehead atoms. The highest BCUT2D eigenvalue weighted by atomic mass is 79.9. The van der Waals surface area contributed by atoms with E-state index in [0.29, 0.717) is 15.6 Å². The van der Waals surface area contributed by atoms with Crippen LogP contribution in [-0.2, 0) is 16.1 Å². The number of rotatable bonds is 5. The van der Waals surface area contributed by atoms with Gasteiger partial charge in [0.05, 0.1) is 18.7 Å². The van der Waals surface area contributed by atoms with E-state index in [-0.39, 0.29) is 48.5 Å². The third-order valence-electron chi connectivity index (χ3n) is 4.85. The maximum Gasteiger partial charge on any atom is 0.296 e. The van der Waals surface area contributed by atoms with E-state index in [9.17, 15) is 9.50 Å². The van der Waals surface area contributed by atoms with Gasteiger partial charge in [-0.25, -0.2) is 4.39 Å². The highest BCUT2D eigenvalue weighted by Gasteiger charge is 2.48. The molecule has 30 heavy (non-hydrogen) atoms. The number of imidazole rings is 1. The van der Waals surface area contributed by atoms with Crippen LogP contribution >= 0.6 is 27.5 Å². The molecule has 3 aromatic rings. The number of aromatic amines is 1. The number of aliphatic hydroxyl groups excluding tert-OH is 1. The molecule has 2 aliphatic rings. The summed E-state index contributed by atoms with van der Waals surface area (Å²) in [7, 11) is 0. The first-order chi connectivity index (χ1) is 14.5. The Morgan fingerprint density at radius 3 is 2.93 bits per heavy atom. The van der Waals surface area contributed by atoms with E-state index in [2.05, 4.69) is 35.9 Å². The second-order valence-corrected chi connectivity index (χ2v) is 8.20. The Balaban J connectivity index is 1.32. The minimum atomic E-state index is -0.662. The summed E-state index contributed by atoms with van der Waals surface area (Å²) in [6.45, 7) is 0.339. The number of nitrogens with zero attached hydrogens (tertiary/aromatic N) is 3. The van der Waals surface area contributed by atoms with Gasteiger partial charge in [0, 0.05) is 10.7 Å². The number of pyridine rings is 2. The molecule has 5 rings (SSSR count). The molecule has 5 heterocycles. The van der Waals surface area contributed by atoms with Crippen molar-refractivity contribution in [3.05, 3.63) is 39.3 Å². The number of hydrogen-bond donors (Lipinski definition) is 2. The largest absolute Gasteiger partial charge is 0.470 e. The molecule has 2 N–H and O–H groups in total. The fourth-order valence-corrected chi connectivity index (χ4v) is 3.92. The molecule has 0 amide bonds. The Bertz CT molecular complexity index is 1100. The molecule has 0 aromatic carbocycles. The minimum absolute atomic E-state index is 0.0952. The van der Waals surface area contributed by atoms with Gasteiger partial charge in [-0.3, -0.25) is 4.98 Å². The summed E-state index contributed by atoms with van der Waals surface area (Å²) in [5.41, 5.74) is 0.978. The Morgan fingerprint density at radius 1 is 1.27 bits per heavy atom. The van der Waals surface area contributed by atoms with Crippen LogP contribution in [0.5, 0.6) is 11.9 Å². The summed E-state index contributed by atoms with van der Waals surface area (Å²) in [6, 6.07) is 3.10. The molecule has 0 radical (unpaired) electrons. The highest BCUT2D eigenvalue weighted by molar-refractivity contribution is 9.10. The van der Waals surface area contributed by atoms with Gasteiger partial charge in [0.25, 0.3) is 6.01 Å². The number of fused-ring (bicyclic) bond motifs is 2. The summed E-state index contributed by atoms with van der Waals surface area (Å²) < 4.78 is 36.9. The lowest BCUT2D eigenvalue weighted by atomic mass is 10.1. The molecular weight excluding hydrogens is 487 g/mol. The molecule has 0 unspecified atom stereocenters. The number of ether oxygens (including phenoxy) is 4. The number of nitrogens with one attached hydrogen (secondary N) is 1. The number of aliphatic hydroxyl groups is 1. The van der Waals surface area contributed by atoms with Crippen LogP contribution < -0.4 is 9.47 Å². The van der Waals surface area contributed by atoms with Crippen molar-refractivity contribution < 1.29 is 28.4 Å². The van der Waals surface area contributed by atoms with Crippen molar-refractivity contribution in [2.75, 3.05) is 13.2 Å². The number of H-pyrrole nitrogens is 1. The average Bonchev–Trinajstić information content (AvgIpc) is 3.38. The lowest BCUT2D eigenvalue weighted by Gasteiger charge is -2.15. The van der Waals surface area contributed by atoms with Crippen molar-refractivity contribution in [2.45, 2.75) is 31.0 Å². The average molecular weight is 502 g/mol. The predicted molar refractivity (Wildman–Crippen MR) is 105 cm³/mol. The molecule has 12 heteroatoms. The fourth-order valence-electron chi connectivity index (χ4n) is 3.41. The van der Waals surface area contributed by atoms with Crippen LogP contribution in [-0.4, -0.2) is 62.7 Å². The Hall–Kier alpha value is -2.05. The van der Waals surface area contributed by atoms with Crippen molar-refractivity contribution in [1.29, 1.82) is 0 Å². The molecular formula is C18H15BrClFN4O5. The van der Waals surface area contributed by atoms with Gasteiger partial charge in [-0.1, -0.05) is 11.6 Å². The smallest absolute Gasteiger partial charge is 0.296 e. The third kappa shape index (κ3) is 3.71. The van der Waals surface area contributed by atoms with E-state index >= 15 is 0 Å². The zero-order chi connectivity index (χ0) is 20.8. The Kier molecular flexibility index (Phi) is 5.23. The molecule has 2 saturated heterocycles. The normalized spacial score (nSPS) is 25.6. The van der Waals surface area contributed by atoms with Gasteiger partial charge < -0.3 is 29.0 Å². The van der Waals surface area contributed by atoms with Crippen LogP contribution in [0.2, 0.25) is 5.02 Å². The van der Waals surface area contributed by atoms with Gasteiger partial charge in [-0.05, 0) is 28.1 Å². The van der Waals surface area contributed by atoms with Crippen LogP contribution in [0.3, 0.4) is 0 Å². The first-order valence-corrected chi connectivity index (χ1v) is 10.2. The molecule has 0 saturated carbocycles. The van der Waals surface area contributed by atoms with E-state index in [4.69, 9.17) is 30.5 Å². The minimum Gasteiger partial charge on any atom is -0.470 e. The van der Waals surface area contributed by atoms with Gasteiger partial charge in [0.15, 0.2) is 11.8 Å². The lowest BCUT2D eigenvalue weighted by molar-refractivity contribution is 0.00706. The van der Waals surface area contributed by atoms with E-state index in [1.165, 1.54) is 12.3 Å². The SMILES string of the molecule is O[C@@H]1CO[C@H]2[C@@H]1OC[C@H]2Oc1nc2nc(OCc3ncc(Br)cc3F)c(Cl)cc2[nH]1. The van der Waals surface area contributed by atoms with Crippen LogP contribution in [0, 0.1) is 5.82 Å². The zero-order valence-corrected chi connectivity index (χ0v) is 17.6. The van der Waals surface area contributed by atoms with Crippen molar-refractivity contribution in [3.8, 4) is 11.9 Å². The topological polar surface area (TPSA) is 112 Å². The van der Waals surface area contributed by atoms with E-state index < -0.39 is 24.1 Å². The van der Waals surface area contributed by atoms with E-state index in [1.807, 2.05) is 0 Å². The first-order valence-electron chi connectivity index (χ1n) is 9.05.